The molecular formula is C34H32F5N5O4. The molecule has 2 saturated heterocycles. The summed E-state index contributed by atoms with van der Waals surface area (Å²) in [7, 11) is 0. The van der Waals surface area contributed by atoms with E-state index in [4.69, 9.17) is 9.47 Å². The topological polar surface area (TPSA) is 100 Å². The number of aliphatic hydroxyl groups is 1. The Bertz CT molecular complexity index is 1710. The molecule has 0 spiro atoms. The number of carbonyl (C=O) groups is 1. The van der Waals surface area contributed by atoms with Crippen molar-refractivity contribution >= 4 is 17.5 Å². The van der Waals surface area contributed by atoms with Crippen LogP contribution in [0.4, 0.5) is 33.6 Å². The number of anilines is 2. The number of nitrogens with one attached hydrogen (secondary N) is 1. The van der Waals surface area contributed by atoms with Gasteiger partial charge in [-0.25, -0.2) is 31.9 Å². The maximum absolute atomic E-state index is 14.2. The van der Waals surface area contributed by atoms with E-state index < -0.39 is 46.8 Å². The molecular weight excluding hydrogens is 637 g/mol. The van der Waals surface area contributed by atoms with Gasteiger partial charge in [0.15, 0.2) is 29.6 Å². The summed E-state index contributed by atoms with van der Waals surface area (Å²) in [5.41, 5.74) is 0.693. The summed E-state index contributed by atoms with van der Waals surface area (Å²) in [6, 6.07) is 15.2. The normalized spacial score (nSPS) is 21.7. The highest BCUT2D eigenvalue weighted by molar-refractivity contribution is 6.04. The molecule has 2 aliphatic rings. The Kier molecular flexibility index (Phi) is 9.96. The molecule has 4 unspecified atom stereocenters. The number of hydrogen-bond donors (Lipinski definition) is 2. The minimum atomic E-state index is -2.35. The maximum Gasteiger partial charge on any atom is 0.261 e. The third-order valence-electron chi connectivity index (χ3n) is 8.65. The van der Waals surface area contributed by atoms with Gasteiger partial charge in [-0.15, -0.1) is 0 Å². The van der Waals surface area contributed by atoms with Crippen LogP contribution in [0.25, 0.3) is 0 Å². The van der Waals surface area contributed by atoms with Crippen molar-refractivity contribution in [2.45, 2.75) is 32.0 Å². The van der Waals surface area contributed by atoms with Crippen LogP contribution in [0.3, 0.4) is 0 Å². The number of hydrogen-bond acceptors (Lipinski definition) is 8. The van der Waals surface area contributed by atoms with Gasteiger partial charge in [-0.3, -0.25) is 9.69 Å². The molecule has 48 heavy (non-hydrogen) atoms. The van der Waals surface area contributed by atoms with Crippen LogP contribution >= 0.6 is 0 Å². The molecule has 252 valence electrons. The van der Waals surface area contributed by atoms with E-state index in [2.05, 4.69) is 32.0 Å². The lowest BCUT2D eigenvalue weighted by atomic mass is 9.90. The molecule has 3 aromatic carbocycles. The van der Waals surface area contributed by atoms with Gasteiger partial charge in [-0.2, -0.15) is 0 Å². The first kappa shape index (κ1) is 33.4. The lowest BCUT2D eigenvalue weighted by Crippen LogP contribution is -2.51. The number of rotatable bonds is 8. The summed E-state index contributed by atoms with van der Waals surface area (Å²) in [5.74, 6) is -12.1. The highest BCUT2D eigenvalue weighted by Gasteiger charge is 2.39. The van der Waals surface area contributed by atoms with Crippen LogP contribution in [0.2, 0.25) is 0 Å². The number of benzene rings is 3. The second-order valence-corrected chi connectivity index (χ2v) is 11.7. The molecule has 3 heterocycles. The van der Waals surface area contributed by atoms with Gasteiger partial charge >= 0.3 is 0 Å². The van der Waals surface area contributed by atoms with Gasteiger partial charge in [-0.1, -0.05) is 43.3 Å². The molecule has 4 aromatic rings. The number of nitrogens with zero attached hydrogens (tertiary/aromatic N) is 4. The summed E-state index contributed by atoms with van der Waals surface area (Å²) >= 11 is 0. The Morgan fingerprint density at radius 1 is 0.833 bits per heavy atom. The molecule has 0 radical (unpaired) electrons. The predicted octanol–water partition coefficient (Wildman–Crippen LogP) is 5.53. The van der Waals surface area contributed by atoms with E-state index in [9.17, 15) is 31.9 Å². The van der Waals surface area contributed by atoms with Crippen LogP contribution in [0.1, 0.15) is 46.4 Å². The lowest BCUT2D eigenvalue weighted by Gasteiger charge is -2.44. The Morgan fingerprint density at radius 2 is 1.42 bits per heavy atom. The molecule has 0 bridgehead atoms. The van der Waals surface area contributed by atoms with Crippen LogP contribution in [-0.2, 0) is 16.1 Å². The van der Waals surface area contributed by atoms with Gasteiger partial charge in [0.1, 0.15) is 5.56 Å². The zero-order chi connectivity index (χ0) is 33.9. The molecule has 2 N–H and O–H groups in total. The smallest absolute Gasteiger partial charge is 0.261 e. The molecule has 4 atom stereocenters. The number of amides is 1. The summed E-state index contributed by atoms with van der Waals surface area (Å²) in [6.07, 6.45) is 1.95. The largest absolute Gasteiger partial charge is 0.392 e. The van der Waals surface area contributed by atoms with Crippen LogP contribution < -0.4 is 10.2 Å². The first-order valence-corrected chi connectivity index (χ1v) is 15.3. The first-order chi connectivity index (χ1) is 23.1. The van der Waals surface area contributed by atoms with Crippen molar-refractivity contribution in [3.8, 4) is 0 Å². The second-order valence-electron chi connectivity index (χ2n) is 11.7. The third kappa shape index (κ3) is 6.88. The highest BCUT2D eigenvalue weighted by Crippen LogP contribution is 2.42. The van der Waals surface area contributed by atoms with E-state index in [0.29, 0.717) is 18.1 Å². The van der Waals surface area contributed by atoms with Gasteiger partial charge < -0.3 is 24.8 Å². The summed E-state index contributed by atoms with van der Waals surface area (Å²) in [4.78, 5) is 25.7. The number of piperazine rings is 1. The monoisotopic (exact) mass is 669 g/mol. The number of aromatic nitrogens is 2. The first-order valence-electron chi connectivity index (χ1n) is 15.3. The quantitative estimate of drug-likeness (QED) is 0.144. The van der Waals surface area contributed by atoms with Crippen LogP contribution in [0.5, 0.6) is 0 Å². The van der Waals surface area contributed by atoms with E-state index in [1.54, 1.807) is 30.6 Å². The average Bonchev–Trinajstić information content (AvgIpc) is 3.12. The lowest BCUT2D eigenvalue weighted by molar-refractivity contribution is -0.276. The van der Waals surface area contributed by atoms with E-state index in [-0.39, 0.29) is 30.4 Å². The van der Waals surface area contributed by atoms with Gasteiger partial charge in [0, 0.05) is 62.3 Å². The van der Waals surface area contributed by atoms with Gasteiger partial charge in [0.25, 0.3) is 5.91 Å². The number of aliphatic hydroxyl groups excluding tert-OH is 1. The molecule has 6 rings (SSSR count). The number of carbonyl (C=O) groups excluding carboxylic acids is 1. The predicted molar refractivity (Wildman–Crippen MR) is 164 cm³/mol. The molecule has 1 aromatic heterocycles. The van der Waals surface area contributed by atoms with Crippen LogP contribution in [-0.4, -0.2) is 64.7 Å². The van der Waals surface area contributed by atoms with E-state index in [0.717, 1.165) is 37.3 Å². The van der Waals surface area contributed by atoms with E-state index in [1.807, 2.05) is 24.3 Å². The minimum absolute atomic E-state index is 0.0461. The Balaban J connectivity index is 1.19. The van der Waals surface area contributed by atoms with Gasteiger partial charge in [-0.05, 0) is 29.3 Å². The highest BCUT2D eigenvalue weighted by atomic mass is 19.2. The third-order valence-corrected chi connectivity index (χ3v) is 8.65. The Morgan fingerprint density at radius 3 is 2.02 bits per heavy atom. The van der Waals surface area contributed by atoms with Crippen molar-refractivity contribution in [1.82, 2.24) is 14.9 Å². The summed E-state index contributed by atoms with van der Waals surface area (Å²) in [6.45, 7) is 5.60. The van der Waals surface area contributed by atoms with Crippen molar-refractivity contribution in [3.63, 3.8) is 0 Å². The summed E-state index contributed by atoms with van der Waals surface area (Å²) in [5, 5.41) is 11.7. The number of ether oxygens (including phenoxy) is 2. The van der Waals surface area contributed by atoms with Crippen molar-refractivity contribution < 1.29 is 41.3 Å². The fourth-order valence-corrected chi connectivity index (χ4v) is 5.89. The molecule has 0 aliphatic carbocycles. The summed E-state index contributed by atoms with van der Waals surface area (Å²) < 4.78 is 82.1. The standard InChI is InChI=1S/C34H32F5N5O4/c1-19-24(17-43-13-15-44(16-14-43)34-40-11-2-12-41-34)47-33(48-31(19)21-5-3-20(18-45)4-6-21)22-7-9-23(10-8-22)42-32(46)25-26(35)28(37)30(39)29(38)27(25)36/h2-12,19,24,31,33,45H,13-18H2,1H3,(H,42,46). The SMILES string of the molecule is CC1C(CN2CCN(c3ncccn3)CC2)OC(c2ccc(NC(=O)c3c(F)c(F)c(F)c(F)c3F)cc2)OC1c1ccc(CO)cc1. The van der Waals surface area contributed by atoms with Gasteiger partial charge in [0.2, 0.25) is 11.8 Å². The average molecular weight is 670 g/mol. The Labute approximate surface area is 272 Å². The molecule has 9 nitrogen and oxygen atoms in total. The molecule has 2 fully saturated rings. The minimum Gasteiger partial charge on any atom is -0.392 e. The maximum atomic E-state index is 14.2. The Hall–Kier alpha value is -4.50. The fourth-order valence-electron chi connectivity index (χ4n) is 5.89. The van der Waals surface area contributed by atoms with Crippen molar-refractivity contribution in [1.29, 1.82) is 0 Å². The fraction of sp³-hybridized carbons (Fsp3) is 0.324. The van der Waals surface area contributed by atoms with E-state index in [1.165, 1.54) is 12.1 Å². The van der Waals surface area contributed by atoms with Crippen LogP contribution in [0, 0.1) is 35.0 Å². The molecule has 14 heteroatoms. The number of halogens is 5. The molecule has 0 saturated carbocycles. The van der Waals surface area contributed by atoms with E-state index >= 15 is 0 Å². The molecule has 1 amide bonds. The zero-order valence-corrected chi connectivity index (χ0v) is 25.8. The van der Waals surface area contributed by atoms with Crippen LogP contribution in [0.15, 0.2) is 67.0 Å². The van der Waals surface area contributed by atoms with Crippen molar-refractivity contribution in [2.24, 2.45) is 5.92 Å². The van der Waals surface area contributed by atoms with Crippen molar-refractivity contribution in [2.75, 3.05) is 42.9 Å². The van der Waals surface area contributed by atoms with Crippen molar-refractivity contribution in [3.05, 3.63) is 118 Å². The second kappa shape index (κ2) is 14.3. The van der Waals surface area contributed by atoms with Gasteiger partial charge in [0.05, 0.1) is 18.8 Å². The molecule has 2 aliphatic heterocycles. The zero-order valence-electron chi connectivity index (χ0n) is 25.8.